The second kappa shape index (κ2) is 6.71. The topological polar surface area (TPSA) is 101 Å². The first-order valence-corrected chi connectivity index (χ1v) is 7.83. The Bertz CT molecular complexity index is 627. The van der Waals surface area contributed by atoms with Gasteiger partial charge in [-0.2, -0.15) is 0 Å². The van der Waals surface area contributed by atoms with E-state index >= 15 is 0 Å². The Morgan fingerprint density at radius 2 is 2.00 bits per heavy atom. The highest BCUT2D eigenvalue weighted by Gasteiger charge is 2.21. The third-order valence-electron chi connectivity index (χ3n) is 2.49. The number of carbonyl (C=O) groups is 2. The number of halogens is 1. The third kappa shape index (κ3) is 4.21. The lowest BCUT2D eigenvalue weighted by atomic mass is 10.2. The van der Waals surface area contributed by atoms with Gasteiger partial charge in [-0.25, -0.2) is 13.2 Å². The van der Waals surface area contributed by atoms with Gasteiger partial charge in [0.2, 0.25) is 5.91 Å². The molecular formula is C12H14ClNO5S. The zero-order valence-electron chi connectivity index (χ0n) is 10.7. The van der Waals surface area contributed by atoms with E-state index in [-0.39, 0.29) is 27.8 Å². The fraction of sp³-hybridized carbons (Fsp3) is 0.333. The smallest absolute Gasteiger partial charge is 0.335 e. The molecule has 0 saturated carbocycles. The molecule has 0 bridgehead atoms. The molecule has 0 saturated heterocycles. The Labute approximate surface area is 121 Å². The van der Waals surface area contributed by atoms with Crippen molar-refractivity contribution < 1.29 is 23.1 Å². The Balaban J connectivity index is 3.00. The van der Waals surface area contributed by atoms with Crippen molar-refractivity contribution in [2.75, 3.05) is 12.3 Å². The van der Waals surface area contributed by atoms with Gasteiger partial charge in [-0.1, -0.05) is 11.6 Å². The third-order valence-corrected chi connectivity index (χ3v) is 4.68. The zero-order valence-corrected chi connectivity index (χ0v) is 12.3. The van der Waals surface area contributed by atoms with Gasteiger partial charge in [0.1, 0.15) is 0 Å². The SMILES string of the molecule is CCNC(=O)CCS(=O)(=O)c1cc(C(=O)O)ccc1Cl. The van der Waals surface area contributed by atoms with Gasteiger partial charge in [0.05, 0.1) is 21.2 Å². The second-order valence-corrected chi connectivity index (χ2v) is 6.46. The van der Waals surface area contributed by atoms with E-state index in [1.165, 1.54) is 12.1 Å². The first-order valence-electron chi connectivity index (χ1n) is 5.80. The Hall–Kier alpha value is -1.60. The van der Waals surface area contributed by atoms with Crippen LogP contribution in [0.1, 0.15) is 23.7 Å². The van der Waals surface area contributed by atoms with Crippen LogP contribution in [0.15, 0.2) is 23.1 Å². The molecular weight excluding hydrogens is 306 g/mol. The predicted molar refractivity (Wildman–Crippen MR) is 73.8 cm³/mol. The minimum Gasteiger partial charge on any atom is -0.478 e. The summed E-state index contributed by atoms with van der Waals surface area (Å²) in [6, 6.07) is 3.43. The maximum atomic E-state index is 12.1. The van der Waals surface area contributed by atoms with Crippen LogP contribution < -0.4 is 5.32 Å². The normalized spacial score (nSPS) is 11.1. The largest absolute Gasteiger partial charge is 0.478 e. The molecule has 0 heterocycles. The maximum Gasteiger partial charge on any atom is 0.335 e. The van der Waals surface area contributed by atoms with Crippen LogP contribution in [0.25, 0.3) is 0 Å². The van der Waals surface area contributed by atoms with Crippen molar-refractivity contribution in [2.24, 2.45) is 0 Å². The summed E-state index contributed by atoms with van der Waals surface area (Å²) in [7, 11) is -3.82. The first kappa shape index (κ1) is 16.5. The summed E-state index contributed by atoms with van der Waals surface area (Å²) in [5.41, 5.74) is -0.175. The molecule has 1 aromatic carbocycles. The summed E-state index contributed by atoms with van der Waals surface area (Å²) in [6.45, 7) is 2.13. The molecule has 0 fully saturated rings. The maximum absolute atomic E-state index is 12.1. The predicted octanol–water partition coefficient (Wildman–Crippen LogP) is 1.34. The molecule has 1 rings (SSSR count). The standard InChI is InChI=1S/C12H14ClNO5S/c1-2-14-11(15)5-6-20(18,19)10-7-8(12(16)17)3-4-9(10)13/h3-4,7H,2,5-6H2,1H3,(H,14,15)(H,16,17). The van der Waals surface area contributed by atoms with Crippen molar-refractivity contribution in [3.63, 3.8) is 0 Å². The zero-order chi connectivity index (χ0) is 15.3. The molecule has 8 heteroatoms. The van der Waals surface area contributed by atoms with E-state index in [2.05, 4.69) is 5.32 Å². The van der Waals surface area contributed by atoms with E-state index in [1.54, 1.807) is 6.92 Å². The molecule has 110 valence electrons. The number of sulfone groups is 1. The number of nitrogens with one attached hydrogen (secondary N) is 1. The van der Waals surface area contributed by atoms with Gasteiger partial charge in [-0.05, 0) is 25.1 Å². The van der Waals surface area contributed by atoms with Crippen molar-refractivity contribution in [3.8, 4) is 0 Å². The molecule has 0 unspecified atom stereocenters. The van der Waals surface area contributed by atoms with Crippen molar-refractivity contribution in [1.82, 2.24) is 5.32 Å². The van der Waals surface area contributed by atoms with Crippen LogP contribution in [0, 0.1) is 0 Å². The monoisotopic (exact) mass is 319 g/mol. The van der Waals surface area contributed by atoms with Crippen molar-refractivity contribution in [1.29, 1.82) is 0 Å². The molecule has 0 aliphatic rings. The number of carbonyl (C=O) groups excluding carboxylic acids is 1. The summed E-state index contributed by atoms with van der Waals surface area (Å²) in [5, 5.41) is 11.3. The van der Waals surface area contributed by atoms with Crippen molar-refractivity contribution >= 4 is 33.3 Å². The van der Waals surface area contributed by atoms with Gasteiger partial charge in [0.25, 0.3) is 0 Å². The lowest BCUT2D eigenvalue weighted by Crippen LogP contribution is -2.25. The van der Waals surface area contributed by atoms with E-state index < -0.39 is 21.6 Å². The van der Waals surface area contributed by atoms with Crippen LogP contribution in [0.5, 0.6) is 0 Å². The Kier molecular flexibility index (Phi) is 5.52. The van der Waals surface area contributed by atoms with Crippen molar-refractivity contribution in [2.45, 2.75) is 18.2 Å². The van der Waals surface area contributed by atoms with E-state index in [4.69, 9.17) is 16.7 Å². The molecule has 0 aromatic heterocycles. The van der Waals surface area contributed by atoms with Crippen LogP contribution in [0.4, 0.5) is 0 Å². The number of aromatic carboxylic acids is 1. The fourth-order valence-corrected chi connectivity index (χ4v) is 3.31. The average Bonchev–Trinajstić information content (AvgIpc) is 2.37. The number of carboxylic acids is 1. The van der Waals surface area contributed by atoms with E-state index in [9.17, 15) is 18.0 Å². The number of amides is 1. The van der Waals surface area contributed by atoms with Crippen LogP contribution in [0.2, 0.25) is 5.02 Å². The van der Waals surface area contributed by atoms with E-state index in [1.807, 2.05) is 0 Å². The molecule has 0 spiro atoms. The van der Waals surface area contributed by atoms with Gasteiger partial charge >= 0.3 is 5.97 Å². The minimum atomic E-state index is -3.82. The van der Waals surface area contributed by atoms with Crippen LogP contribution in [-0.4, -0.2) is 37.7 Å². The summed E-state index contributed by atoms with van der Waals surface area (Å²) in [4.78, 5) is 21.8. The highest BCUT2D eigenvalue weighted by atomic mass is 35.5. The number of hydrogen-bond acceptors (Lipinski definition) is 4. The van der Waals surface area contributed by atoms with Gasteiger partial charge in [-0.15, -0.1) is 0 Å². The second-order valence-electron chi connectivity index (χ2n) is 3.97. The van der Waals surface area contributed by atoms with Crippen LogP contribution in [-0.2, 0) is 14.6 Å². The quantitative estimate of drug-likeness (QED) is 0.824. The Morgan fingerprint density at radius 3 is 2.55 bits per heavy atom. The molecule has 20 heavy (non-hydrogen) atoms. The molecule has 6 nitrogen and oxygen atoms in total. The Morgan fingerprint density at radius 1 is 1.35 bits per heavy atom. The molecule has 1 aromatic rings. The first-order chi connectivity index (χ1) is 9.27. The molecule has 0 aliphatic heterocycles. The van der Waals surface area contributed by atoms with Gasteiger partial charge in [0, 0.05) is 13.0 Å². The lowest BCUT2D eigenvalue weighted by Gasteiger charge is -2.07. The molecule has 0 aliphatic carbocycles. The molecule has 0 atom stereocenters. The summed E-state index contributed by atoms with van der Waals surface area (Å²) >= 11 is 5.79. The highest BCUT2D eigenvalue weighted by molar-refractivity contribution is 7.91. The van der Waals surface area contributed by atoms with E-state index in [0.717, 1.165) is 6.07 Å². The van der Waals surface area contributed by atoms with Gasteiger partial charge in [0.15, 0.2) is 9.84 Å². The number of hydrogen-bond donors (Lipinski definition) is 2. The number of rotatable bonds is 6. The van der Waals surface area contributed by atoms with Crippen LogP contribution in [0.3, 0.4) is 0 Å². The summed E-state index contributed by atoms with van der Waals surface area (Å²) in [5.74, 6) is -2.06. The molecule has 0 radical (unpaired) electrons. The van der Waals surface area contributed by atoms with Crippen molar-refractivity contribution in [3.05, 3.63) is 28.8 Å². The van der Waals surface area contributed by atoms with Gasteiger partial charge < -0.3 is 10.4 Å². The average molecular weight is 320 g/mol. The summed E-state index contributed by atoms with van der Waals surface area (Å²) in [6.07, 6.45) is -0.205. The van der Waals surface area contributed by atoms with Crippen LogP contribution >= 0.6 is 11.6 Å². The number of carboxylic acid groups (broad SMARTS) is 1. The van der Waals surface area contributed by atoms with E-state index in [0.29, 0.717) is 6.54 Å². The molecule has 1 amide bonds. The molecule has 2 N–H and O–H groups in total. The fourth-order valence-electron chi connectivity index (χ4n) is 1.50. The summed E-state index contributed by atoms with van der Waals surface area (Å²) < 4.78 is 24.2. The van der Waals surface area contributed by atoms with Gasteiger partial charge in [-0.3, -0.25) is 4.79 Å². The highest BCUT2D eigenvalue weighted by Crippen LogP contribution is 2.24. The number of benzene rings is 1. The minimum absolute atomic E-state index is 0.0640. The lowest BCUT2D eigenvalue weighted by molar-refractivity contribution is -0.120.